The minimum absolute atomic E-state index is 0. The van der Waals surface area contributed by atoms with Gasteiger partial charge in [-0.1, -0.05) is 30.3 Å². The fourth-order valence-electron chi connectivity index (χ4n) is 5.17. The minimum atomic E-state index is -4.32. The number of amides is 3. The van der Waals surface area contributed by atoms with Crippen LogP contribution >= 0.6 is 12.4 Å². The fourth-order valence-corrected chi connectivity index (χ4v) is 5.17. The van der Waals surface area contributed by atoms with Crippen LogP contribution < -0.4 is 10.2 Å². The number of likely N-dealkylation sites (tertiary alicyclic amines) is 1. The Morgan fingerprint density at radius 1 is 1.03 bits per heavy atom. The van der Waals surface area contributed by atoms with E-state index in [-0.39, 0.29) is 30.4 Å². The van der Waals surface area contributed by atoms with Gasteiger partial charge in [-0.3, -0.25) is 14.6 Å². The molecule has 0 spiro atoms. The summed E-state index contributed by atoms with van der Waals surface area (Å²) in [6.07, 6.45) is -0.241. The summed E-state index contributed by atoms with van der Waals surface area (Å²) in [6, 6.07) is 13.3. The molecule has 2 aromatic carbocycles. The first-order valence-corrected chi connectivity index (χ1v) is 13.1. The normalized spacial score (nSPS) is 18.4. The molecule has 1 unspecified atom stereocenters. The monoisotopic (exact) mass is 552 g/mol. The third-order valence-electron chi connectivity index (χ3n) is 7.22. The van der Waals surface area contributed by atoms with E-state index in [1.165, 1.54) is 22.6 Å². The van der Waals surface area contributed by atoms with Crippen LogP contribution in [-0.2, 0) is 17.4 Å². The van der Waals surface area contributed by atoms with Crippen molar-refractivity contribution in [2.24, 2.45) is 0 Å². The molecule has 2 saturated heterocycles. The minimum Gasteiger partial charge on any atom is -0.369 e. The Balaban J connectivity index is 0.00000400. The average Bonchev–Trinajstić information content (AvgIpc) is 3.28. The van der Waals surface area contributed by atoms with Gasteiger partial charge >= 0.3 is 12.2 Å². The number of nitrogens with one attached hydrogen (secondary N) is 1. The smallest absolute Gasteiger partial charge is 0.369 e. The molecule has 2 aliphatic rings. The Hall–Kier alpha value is -2.78. The molecule has 38 heavy (non-hydrogen) atoms. The van der Waals surface area contributed by atoms with Gasteiger partial charge in [-0.2, -0.15) is 13.2 Å². The molecule has 2 heterocycles. The van der Waals surface area contributed by atoms with E-state index in [9.17, 15) is 22.8 Å². The van der Waals surface area contributed by atoms with Gasteiger partial charge in [-0.05, 0) is 68.5 Å². The number of aryl methyl sites for hydroxylation is 1. The molecule has 3 amide bonds. The van der Waals surface area contributed by atoms with Crippen LogP contribution in [0.5, 0.6) is 0 Å². The quantitative estimate of drug-likeness (QED) is 0.429. The van der Waals surface area contributed by atoms with Crippen molar-refractivity contribution in [3.63, 3.8) is 0 Å². The average molecular weight is 553 g/mol. The summed E-state index contributed by atoms with van der Waals surface area (Å²) >= 11 is 0. The zero-order chi connectivity index (χ0) is 26.4. The highest BCUT2D eigenvalue weighted by Crippen LogP contribution is 2.33. The number of urea groups is 1. The zero-order valence-electron chi connectivity index (χ0n) is 21.7. The van der Waals surface area contributed by atoms with Crippen molar-refractivity contribution in [1.82, 2.24) is 15.1 Å². The summed E-state index contributed by atoms with van der Waals surface area (Å²) < 4.78 is 39.0. The highest BCUT2D eigenvalue weighted by atomic mass is 35.5. The molecular formula is C28H36ClF3N4O2. The largest absolute Gasteiger partial charge is 0.416 e. The van der Waals surface area contributed by atoms with Gasteiger partial charge in [0.1, 0.15) is 0 Å². The maximum Gasteiger partial charge on any atom is 0.416 e. The zero-order valence-corrected chi connectivity index (χ0v) is 22.5. The van der Waals surface area contributed by atoms with Gasteiger partial charge in [0.25, 0.3) is 0 Å². The van der Waals surface area contributed by atoms with E-state index in [0.29, 0.717) is 25.1 Å². The maximum atomic E-state index is 13.0. The Kier molecular flexibility index (Phi) is 10.4. The predicted octanol–water partition coefficient (Wildman–Crippen LogP) is 5.67. The van der Waals surface area contributed by atoms with Crippen LogP contribution in [0.25, 0.3) is 0 Å². The van der Waals surface area contributed by atoms with Gasteiger partial charge in [-0.25, -0.2) is 4.79 Å². The van der Waals surface area contributed by atoms with Crippen molar-refractivity contribution >= 4 is 30.0 Å². The molecular weight excluding hydrogens is 517 g/mol. The number of rotatable bonds is 8. The third-order valence-corrected chi connectivity index (χ3v) is 7.22. The van der Waals surface area contributed by atoms with Crippen molar-refractivity contribution < 1.29 is 22.8 Å². The van der Waals surface area contributed by atoms with E-state index in [2.05, 4.69) is 22.3 Å². The van der Waals surface area contributed by atoms with Gasteiger partial charge < -0.3 is 10.2 Å². The van der Waals surface area contributed by atoms with Gasteiger partial charge in [0.15, 0.2) is 0 Å². The molecule has 0 aromatic heterocycles. The van der Waals surface area contributed by atoms with Crippen LogP contribution in [0.1, 0.15) is 55.3 Å². The lowest BCUT2D eigenvalue weighted by Gasteiger charge is -2.36. The van der Waals surface area contributed by atoms with E-state index >= 15 is 0 Å². The molecule has 208 valence electrons. The number of nitrogens with zero attached hydrogens (tertiary/aromatic N) is 3. The number of carbonyl (C=O) groups is 2. The highest BCUT2D eigenvalue weighted by molar-refractivity contribution is 5.96. The third kappa shape index (κ3) is 7.41. The molecule has 4 rings (SSSR count). The van der Waals surface area contributed by atoms with Crippen LogP contribution in [0.2, 0.25) is 0 Å². The Morgan fingerprint density at radius 2 is 1.74 bits per heavy atom. The first-order chi connectivity index (χ1) is 17.8. The van der Waals surface area contributed by atoms with Crippen molar-refractivity contribution in [2.45, 2.75) is 51.2 Å². The fraction of sp³-hybridized carbons (Fsp3) is 0.500. The molecule has 10 heteroatoms. The molecule has 2 aromatic rings. The van der Waals surface area contributed by atoms with Gasteiger partial charge in [0.2, 0.25) is 5.91 Å². The Bertz CT molecular complexity index is 1070. The number of carbonyl (C=O) groups excluding carboxylic acids is 2. The molecule has 0 aliphatic carbocycles. The molecule has 2 aliphatic heterocycles. The number of benzene rings is 2. The van der Waals surface area contributed by atoms with Crippen molar-refractivity contribution in [3.05, 3.63) is 65.2 Å². The first-order valence-electron chi connectivity index (χ1n) is 13.1. The van der Waals surface area contributed by atoms with Crippen molar-refractivity contribution in [2.75, 3.05) is 44.2 Å². The Labute approximate surface area is 228 Å². The summed E-state index contributed by atoms with van der Waals surface area (Å²) in [4.78, 5) is 30.3. The number of alkyl halides is 3. The van der Waals surface area contributed by atoms with Crippen LogP contribution in [0.15, 0.2) is 48.5 Å². The van der Waals surface area contributed by atoms with E-state index in [0.717, 1.165) is 63.6 Å². The number of anilines is 1. The van der Waals surface area contributed by atoms with Gasteiger partial charge in [0, 0.05) is 44.8 Å². The second kappa shape index (κ2) is 13.3. The lowest BCUT2D eigenvalue weighted by Crippen LogP contribution is -2.46. The van der Waals surface area contributed by atoms with Gasteiger partial charge in [-0.15, -0.1) is 12.4 Å². The van der Waals surface area contributed by atoms with Gasteiger partial charge in [0.05, 0.1) is 11.6 Å². The molecule has 0 saturated carbocycles. The predicted molar refractivity (Wildman–Crippen MR) is 145 cm³/mol. The number of piperazine rings is 1. The first kappa shape index (κ1) is 29.8. The number of hydrogen-bond donors (Lipinski definition) is 1. The molecule has 6 nitrogen and oxygen atoms in total. The highest BCUT2D eigenvalue weighted by Gasteiger charge is 2.36. The lowest BCUT2D eigenvalue weighted by atomic mass is 10.0. The molecule has 2 fully saturated rings. The summed E-state index contributed by atoms with van der Waals surface area (Å²) in [5.41, 5.74) is 2.25. The summed E-state index contributed by atoms with van der Waals surface area (Å²) in [6.45, 7) is 6.42. The second-order valence-electron chi connectivity index (χ2n) is 9.73. The standard InChI is InChI=1S/C28H35F3N4O2.ClH/c1-2-32-27(37)35-25(13-14-26(35)36)22-11-9-21(10-12-22)6-3-4-15-33-16-18-34(19-17-33)24-8-5-7-23(20-24)28(29,30)31;/h5,7-12,20,25H,2-4,6,13-19H2,1H3,(H,32,37);1H. The van der Waals surface area contributed by atoms with Crippen LogP contribution in [0, 0.1) is 0 Å². The molecule has 1 N–H and O–H groups in total. The van der Waals surface area contributed by atoms with Crippen LogP contribution in [-0.4, -0.2) is 61.0 Å². The Morgan fingerprint density at radius 3 is 2.39 bits per heavy atom. The van der Waals surface area contributed by atoms with Crippen LogP contribution in [0.4, 0.5) is 23.7 Å². The summed E-state index contributed by atoms with van der Waals surface area (Å²) in [5, 5.41) is 2.73. The molecule has 0 radical (unpaired) electrons. The SMILES string of the molecule is CCNC(=O)N1C(=O)CCC1c1ccc(CCCCN2CCN(c3cccc(C(F)(F)F)c3)CC2)cc1.Cl. The maximum absolute atomic E-state index is 13.0. The summed E-state index contributed by atoms with van der Waals surface area (Å²) in [7, 11) is 0. The topological polar surface area (TPSA) is 55.9 Å². The lowest BCUT2D eigenvalue weighted by molar-refractivity contribution is -0.137. The number of unbranched alkanes of at least 4 members (excludes halogenated alkanes) is 1. The van der Waals surface area contributed by atoms with Crippen molar-refractivity contribution in [1.29, 1.82) is 0 Å². The molecule has 1 atom stereocenters. The number of imide groups is 1. The van der Waals surface area contributed by atoms with Crippen LogP contribution in [0.3, 0.4) is 0 Å². The number of halogens is 4. The molecule has 0 bridgehead atoms. The van der Waals surface area contributed by atoms with E-state index in [1.807, 2.05) is 24.0 Å². The summed E-state index contributed by atoms with van der Waals surface area (Å²) in [5.74, 6) is -0.129. The second-order valence-corrected chi connectivity index (χ2v) is 9.73. The van der Waals surface area contributed by atoms with E-state index in [4.69, 9.17) is 0 Å². The number of hydrogen-bond acceptors (Lipinski definition) is 4. The van der Waals surface area contributed by atoms with Crippen molar-refractivity contribution in [3.8, 4) is 0 Å². The van der Waals surface area contributed by atoms with E-state index in [1.54, 1.807) is 6.07 Å². The van der Waals surface area contributed by atoms with E-state index < -0.39 is 11.7 Å².